The SMILES string of the molecule is COc1c(C)cnc(CC(N)c2ccccc2I)c1C. The molecule has 0 spiro atoms. The summed E-state index contributed by atoms with van der Waals surface area (Å²) in [6.07, 6.45) is 2.56. The fourth-order valence-corrected chi connectivity index (χ4v) is 3.16. The summed E-state index contributed by atoms with van der Waals surface area (Å²) in [5.74, 6) is 0.907. The third-order valence-corrected chi connectivity index (χ3v) is 4.45. The van der Waals surface area contributed by atoms with Gasteiger partial charge in [-0.1, -0.05) is 18.2 Å². The summed E-state index contributed by atoms with van der Waals surface area (Å²) in [5, 5.41) is 0. The van der Waals surface area contributed by atoms with Crippen molar-refractivity contribution in [2.24, 2.45) is 5.73 Å². The van der Waals surface area contributed by atoms with Crippen LogP contribution in [0.15, 0.2) is 30.5 Å². The molecule has 0 aliphatic rings. The van der Waals surface area contributed by atoms with Gasteiger partial charge in [-0.3, -0.25) is 4.98 Å². The van der Waals surface area contributed by atoms with Crippen LogP contribution >= 0.6 is 22.6 Å². The number of hydrogen-bond acceptors (Lipinski definition) is 3. The highest BCUT2D eigenvalue weighted by molar-refractivity contribution is 14.1. The number of aromatic nitrogens is 1. The molecule has 0 aliphatic heterocycles. The summed E-state index contributed by atoms with van der Waals surface area (Å²) in [6.45, 7) is 4.04. The Hall–Kier alpha value is -1.14. The van der Waals surface area contributed by atoms with Crippen molar-refractivity contribution >= 4 is 22.6 Å². The molecule has 0 bridgehead atoms. The van der Waals surface area contributed by atoms with E-state index in [9.17, 15) is 0 Å². The van der Waals surface area contributed by atoms with Crippen molar-refractivity contribution in [1.29, 1.82) is 0 Å². The molecule has 0 saturated heterocycles. The molecule has 1 atom stereocenters. The van der Waals surface area contributed by atoms with Crippen molar-refractivity contribution in [3.8, 4) is 5.75 Å². The van der Waals surface area contributed by atoms with Gasteiger partial charge in [-0.25, -0.2) is 0 Å². The van der Waals surface area contributed by atoms with Gasteiger partial charge in [0.25, 0.3) is 0 Å². The zero-order chi connectivity index (χ0) is 14.7. The predicted octanol–water partition coefficient (Wildman–Crippen LogP) is 3.55. The van der Waals surface area contributed by atoms with Gasteiger partial charge in [-0.15, -0.1) is 0 Å². The second kappa shape index (κ2) is 6.54. The molecule has 1 aromatic heterocycles. The average molecular weight is 382 g/mol. The molecule has 2 N–H and O–H groups in total. The number of pyridine rings is 1. The number of aryl methyl sites for hydroxylation is 1. The van der Waals surface area contributed by atoms with Gasteiger partial charge in [0.1, 0.15) is 5.75 Å². The number of benzene rings is 1. The number of rotatable bonds is 4. The molecule has 1 heterocycles. The van der Waals surface area contributed by atoms with E-state index in [1.807, 2.05) is 32.2 Å². The summed E-state index contributed by atoms with van der Waals surface area (Å²) in [7, 11) is 1.69. The Labute approximate surface area is 133 Å². The third kappa shape index (κ3) is 3.12. The lowest BCUT2D eigenvalue weighted by Gasteiger charge is -2.17. The molecule has 106 valence electrons. The van der Waals surface area contributed by atoms with Crippen LogP contribution in [0.1, 0.15) is 28.4 Å². The Kier molecular flexibility index (Phi) is 4.99. The van der Waals surface area contributed by atoms with Crippen molar-refractivity contribution in [2.45, 2.75) is 26.3 Å². The van der Waals surface area contributed by atoms with Gasteiger partial charge >= 0.3 is 0 Å². The largest absolute Gasteiger partial charge is 0.496 e. The molecular formula is C16H19IN2O. The third-order valence-electron chi connectivity index (χ3n) is 3.47. The van der Waals surface area contributed by atoms with Gasteiger partial charge in [-0.05, 0) is 48.1 Å². The lowest BCUT2D eigenvalue weighted by Crippen LogP contribution is -2.16. The van der Waals surface area contributed by atoms with E-state index in [4.69, 9.17) is 10.5 Å². The molecule has 0 saturated carbocycles. The fourth-order valence-electron chi connectivity index (χ4n) is 2.37. The van der Waals surface area contributed by atoms with Crippen LogP contribution < -0.4 is 10.5 Å². The minimum absolute atomic E-state index is 0.0540. The number of methoxy groups -OCH3 is 1. The number of nitrogens with two attached hydrogens (primary N) is 1. The molecule has 4 heteroatoms. The first kappa shape index (κ1) is 15.3. The van der Waals surface area contributed by atoms with E-state index < -0.39 is 0 Å². The first-order chi connectivity index (χ1) is 9.54. The van der Waals surface area contributed by atoms with Gasteiger partial charge in [-0.2, -0.15) is 0 Å². The summed E-state index contributed by atoms with van der Waals surface area (Å²) in [5.41, 5.74) is 10.6. The van der Waals surface area contributed by atoms with Crippen LogP contribution in [0.4, 0.5) is 0 Å². The van der Waals surface area contributed by atoms with E-state index in [1.54, 1.807) is 7.11 Å². The average Bonchev–Trinajstić information content (AvgIpc) is 2.43. The second-order valence-corrected chi connectivity index (χ2v) is 6.04. The van der Waals surface area contributed by atoms with E-state index in [1.165, 1.54) is 3.57 Å². The number of nitrogens with zero attached hydrogens (tertiary/aromatic N) is 1. The van der Waals surface area contributed by atoms with Crippen LogP contribution in [-0.2, 0) is 6.42 Å². The molecule has 20 heavy (non-hydrogen) atoms. The monoisotopic (exact) mass is 382 g/mol. The molecule has 3 nitrogen and oxygen atoms in total. The molecule has 1 aromatic carbocycles. The van der Waals surface area contributed by atoms with Crippen molar-refractivity contribution in [3.05, 3.63) is 56.4 Å². The first-order valence-electron chi connectivity index (χ1n) is 6.53. The van der Waals surface area contributed by atoms with E-state index in [-0.39, 0.29) is 6.04 Å². The van der Waals surface area contributed by atoms with E-state index in [0.717, 1.165) is 28.1 Å². The van der Waals surface area contributed by atoms with E-state index in [2.05, 4.69) is 39.7 Å². The smallest absolute Gasteiger partial charge is 0.128 e. The summed E-state index contributed by atoms with van der Waals surface area (Å²) in [4.78, 5) is 4.52. The van der Waals surface area contributed by atoms with Crippen molar-refractivity contribution < 1.29 is 4.74 Å². The molecule has 0 aliphatic carbocycles. The Bertz CT molecular complexity index is 613. The highest BCUT2D eigenvalue weighted by atomic mass is 127. The molecular weight excluding hydrogens is 363 g/mol. The minimum atomic E-state index is -0.0540. The van der Waals surface area contributed by atoms with Gasteiger partial charge in [0.05, 0.1) is 7.11 Å². The summed E-state index contributed by atoms with van der Waals surface area (Å²) < 4.78 is 6.63. The van der Waals surface area contributed by atoms with Crippen molar-refractivity contribution in [3.63, 3.8) is 0 Å². The van der Waals surface area contributed by atoms with Crippen molar-refractivity contribution in [2.75, 3.05) is 7.11 Å². The molecule has 0 fully saturated rings. The molecule has 2 rings (SSSR count). The zero-order valence-corrected chi connectivity index (χ0v) is 14.1. The number of hydrogen-bond donors (Lipinski definition) is 1. The molecule has 0 amide bonds. The Morgan fingerprint density at radius 2 is 2.00 bits per heavy atom. The van der Waals surface area contributed by atoms with Crippen LogP contribution in [0.3, 0.4) is 0 Å². The molecule has 1 unspecified atom stereocenters. The lowest BCUT2D eigenvalue weighted by atomic mass is 9.99. The maximum Gasteiger partial charge on any atom is 0.128 e. The minimum Gasteiger partial charge on any atom is -0.496 e. The number of ether oxygens (including phenoxy) is 1. The first-order valence-corrected chi connectivity index (χ1v) is 7.61. The van der Waals surface area contributed by atoms with Crippen LogP contribution in [0.25, 0.3) is 0 Å². The zero-order valence-electron chi connectivity index (χ0n) is 12.0. The van der Waals surface area contributed by atoms with Gasteiger partial charge in [0, 0.05) is 39.1 Å². The van der Waals surface area contributed by atoms with Crippen LogP contribution in [0, 0.1) is 17.4 Å². The summed E-state index contributed by atoms with van der Waals surface area (Å²) in [6, 6.07) is 8.14. The fraction of sp³-hybridized carbons (Fsp3) is 0.312. The molecule has 2 aromatic rings. The quantitative estimate of drug-likeness (QED) is 0.823. The normalized spacial score (nSPS) is 12.2. The predicted molar refractivity (Wildman–Crippen MR) is 90.1 cm³/mol. The van der Waals surface area contributed by atoms with E-state index >= 15 is 0 Å². The second-order valence-electron chi connectivity index (χ2n) is 4.88. The van der Waals surface area contributed by atoms with Crippen molar-refractivity contribution in [1.82, 2.24) is 4.98 Å². The Balaban J connectivity index is 2.29. The Morgan fingerprint density at radius 3 is 2.65 bits per heavy atom. The summed E-state index contributed by atoms with van der Waals surface area (Å²) >= 11 is 2.32. The highest BCUT2D eigenvalue weighted by Crippen LogP contribution is 2.27. The highest BCUT2D eigenvalue weighted by Gasteiger charge is 2.15. The van der Waals surface area contributed by atoms with Gasteiger partial charge < -0.3 is 10.5 Å². The standard InChI is InChI=1S/C16H19IN2O/c1-10-9-19-15(11(2)16(10)20-3)8-14(18)12-6-4-5-7-13(12)17/h4-7,9,14H,8,18H2,1-3H3. The van der Waals surface area contributed by atoms with Crippen LogP contribution in [-0.4, -0.2) is 12.1 Å². The maximum atomic E-state index is 6.34. The van der Waals surface area contributed by atoms with E-state index in [0.29, 0.717) is 6.42 Å². The van der Waals surface area contributed by atoms with Crippen LogP contribution in [0.2, 0.25) is 0 Å². The molecule has 0 radical (unpaired) electrons. The number of halogens is 1. The lowest BCUT2D eigenvalue weighted by molar-refractivity contribution is 0.406. The Morgan fingerprint density at radius 1 is 1.30 bits per heavy atom. The maximum absolute atomic E-state index is 6.34. The topological polar surface area (TPSA) is 48.1 Å². The van der Waals surface area contributed by atoms with Gasteiger partial charge in [0.15, 0.2) is 0 Å². The van der Waals surface area contributed by atoms with Crippen LogP contribution in [0.5, 0.6) is 5.75 Å². The van der Waals surface area contributed by atoms with Gasteiger partial charge in [0.2, 0.25) is 0 Å².